The molecule has 0 saturated carbocycles. The molecule has 1 saturated heterocycles. The van der Waals surface area contributed by atoms with Crippen LogP contribution in [0.2, 0.25) is 0 Å². The zero-order valence-corrected chi connectivity index (χ0v) is 17.8. The Morgan fingerprint density at radius 3 is 2.50 bits per heavy atom. The van der Waals surface area contributed by atoms with E-state index in [1.54, 1.807) is 0 Å². The Labute approximate surface area is 186 Å². The van der Waals surface area contributed by atoms with E-state index in [0.717, 1.165) is 27.5 Å². The van der Waals surface area contributed by atoms with Crippen LogP contribution in [-0.4, -0.2) is 29.3 Å². The second-order valence-electron chi connectivity index (χ2n) is 7.50. The summed E-state index contributed by atoms with van der Waals surface area (Å²) in [7, 11) is 0. The molecule has 0 radical (unpaired) electrons. The van der Waals surface area contributed by atoms with Crippen molar-refractivity contribution in [1.82, 2.24) is 15.5 Å². The van der Waals surface area contributed by atoms with E-state index >= 15 is 0 Å². The van der Waals surface area contributed by atoms with Gasteiger partial charge < -0.3 is 10.6 Å². The molecule has 1 aliphatic heterocycles. The smallest absolute Gasteiger partial charge is 0.325 e. The van der Waals surface area contributed by atoms with Gasteiger partial charge in [-0.05, 0) is 41.6 Å². The van der Waals surface area contributed by atoms with Crippen molar-refractivity contribution < 1.29 is 23.2 Å². The highest BCUT2D eigenvalue weighted by atomic mass is 32.1. The molecular weight excluding hydrogens is 436 g/mol. The van der Waals surface area contributed by atoms with Gasteiger partial charge in [-0.2, -0.15) is 0 Å². The molecule has 2 heterocycles. The van der Waals surface area contributed by atoms with Crippen molar-refractivity contribution in [2.24, 2.45) is 0 Å². The maximum atomic E-state index is 13.7. The molecule has 0 aliphatic carbocycles. The van der Waals surface area contributed by atoms with E-state index in [1.165, 1.54) is 24.3 Å². The monoisotopic (exact) mass is 455 g/mol. The standard InChI is InChI=1S/C23H19F2N3O3S/c1-23(15-9-10-16(24)17(25)12-15)21(30)28(22(31)27-23)13-19(29)26-20(18-8-5-11-32-18)14-6-3-2-4-7-14/h2-12,20H,13H2,1H3,(H,26,29)(H,27,31). The first-order valence-electron chi connectivity index (χ1n) is 9.77. The molecule has 2 unspecified atom stereocenters. The van der Waals surface area contributed by atoms with Crippen LogP contribution in [0.15, 0.2) is 66.0 Å². The van der Waals surface area contributed by atoms with Crippen LogP contribution in [0.4, 0.5) is 13.6 Å². The molecule has 0 spiro atoms. The second kappa shape index (κ2) is 8.51. The van der Waals surface area contributed by atoms with Gasteiger partial charge in [-0.15, -0.1) is 11.3 Å². The molecule has 164 valence electrons. The van der Waals surface area contributed by atoms with Gasteiger partial charge in [0.05, 0.1) is 6.04 Å². The Balaban J connectivity index is 1.53. The summed E-state index contributed by atoms with van der Waals surface area (Å²) >= 11 is 1.47. The lowest BCUT2D eigenvalue weighted by molar-refractivity contribution is -0.135. The topological polar surface area (TPSA) is 78.5 Å². The van der Waals surface area contributed by atoms with E-state index in [2.05, 4.69) is 10.6 Å². The van der Waals surface area contributed by atoms with Gasteiger partial charge in [0, 0.05) is 4.88 Å². The number of hydrogen-bond acceptors (Lipinski definition) is 4. The highest BCUT2D eigenvalue weighted by molar-refractivity contribution is 7.10. The fourth-order valence-corrected chi connectivity index (χ4v) is 4.42. The minimum absolute atomic E-state index is 0.0819. The number of benzene rings is 2. The number of nitrogens with one attached hydrogen (secondary N) is 2. The molecule has 3 aromatic rings. The maximum absolute atomic E-state index is 13.7. The fraction of sp³-hybridized carbons (Fsp3) is 0.174. The van der Waals surface area contributed by atoms with Crippen molar-refractivity contribution >= 4 is 29.2 Å². The molecule has 1 fully saturated rings. The lowest BCUT2D eigenvalue weighted by atomic mass is 9.92. The van der Waals surface area contributed by atoms with Crippen LogP contribution in [0.1, 0.15) is 29.0 Å². The molecule has 6 nitrogen and oxygen atoms in total. The van der Waals surface area contributed by atoms with Crippen molar-refractivity contribution in [3.63, 3.8) is 0 Å². The summed E-state index contributed by atoms with van der Waals surface area (Å²) in [6.07, 6.45) is 0. The van der Waals surface area contributed by atoms with Crippen LogP contribution in [0, 0.1) is 11.6 Å². The molecule has 32 heavy (non-hydrogen) atoms. The molecule has 9 heteroatoms. The van der Waals surface area contributed by atoms with Crippen LogP contribution in [-0.2, 0) is 15.1 Å². The number of carbonyl (C=O) groups is 3. The molecule has 0 bridgehead atoms. The first kappa shape index (κ1) is 21.6. The van der Waals surface area contributed by atoms with Gasteiger partial charge in [0.2, 0.25) is 5.91 Å². The van der Waals surface area contributed by atoms with Gasteiger partial charge in [-0.25, -0.2) is 13.6 Å². The van der Waals surface area contributed by atoms with Gasteiger partial charge >= 0.3 is 6.03 Å². The first-order chi connectivity index (χ1) is 15.3. The number of hydrogen-bond donors (Lipinski definition) is 2. The van der Waals surface area contributed by atoms with E-state index in [4.69, 9.17) is 0 Å². The first-order valence-corrected chi connectivity index (χ1v) is 10.6. The highest BCUT2D eigenvalue weighted by Gasteiger charge is 2.49. The number of rotatable bonds is 6. The van der Waals surface area contributed by atoms with Crippen LogP contribution in [0.3, 0.4) is 0 Å². The number of thiophene rings is 1. The quantitative estimate of drug-likeness (QED) is 0.557. The third-order valence-corrected chi connectivity index (χ3v) is 6.28. The Morgan fingerprint density at radius 2 is 1.84 bits per heavy atom. The third-order valence-electron chi connectivity index (χ3n) is 5.34. The zero-order valence-electron chi connectivity index (χ0n) is 17.0. The molecule has 4 amide bonds. The lowest BCUT2D eigenvalue weighted by Crippen LogP contribution is -2.44. The summed E-state index contributed by atoms with van der Waals surface area (Å²) in [4.78, 5) is 40.0. The summed E-state index contributed by atoms with van der Waals surface area (Å²) in [6.45, 7) is 0.870. The van der Waals surface area contributed by atoms with Crippen LogP contribution >= 0.6 is 11.3 Å². The number of carbonyl (C=O) groups excluding carboxylic acids is 3. The SMILES string of the molecule is CC1(c2ccc(F)c(F)c2)NC(=O)N(CC(=O)NC(c2ccccc2)c2cccs2)C1=O. The molecule has 2 N–H and O–H groups in total. The second-order valence-corrected chi connectivity index (χ2v) is 8.48. The molecule has 2 atom stereocenters. The summed E-state index contributed by atoms with van der Waals surface area (Å²) in [5, 5.41) is 7.25. The summed E-state index contributed by atoms with van der Waals surface area (Å²) in [5.74, 6) is -3.46. The summed E-state index contributed by atoms with van der Waals surface area (Å²) in [5.41, 5.74) is -0.677. The van der Waals surface area contributed by atoms with Gasteiger partial charge in [0.25, 0.3) is 5.91 Å². The summed E-state index contributed by atoms with van der Waals surface area (Å²) < 4.78 is 27.0. The number of halogens is 2. The number of urea groups is 1. The molecular formula is C23H19F2N3O3S. The number of imide groups is 1. The normalized spacial score (nSPS) is 19.0. The highest BCUT2D eigenvalue weighted by Crippen LogP contribution is 2.30. The number of nitrogens with zero attached hydrogens (tertiary/aromatic N) is 1. The van der Waals surface area contributed by atoms with E-state index in [9.17, 15) is 23.2 Å². The van der Waals surface area contributed by atoms with Crippen LogP contribution in [0.5, 0.6) is 0 Å². The zero-order chi connectivity index (χ0) is 22.9. The fourth-order valence-electron chi connectivity index (χ4n) is 3.61. The Morgan fingerprint density at radius 1 is 1.09 bits per heavy atom. The van der Waals surface area contributed by atoms with Crippen molar-refractivity contribution in [3.05, 3.63) is 93.7 Å². The third kappa shape index (κ3) is 3.99. The minimum atomic E-state index is -1.61. The predicted molar refractivity (Wildman–Crippen MR) is 115 cm³/mol. The molecule has 1 aromatic heterocycles. The maximum Gasteiger partial charge on any atom is 0.325 e. The van der Waals surface area contributed by atoms with Gasteiger partial charge in [0.15, 0.2) is 11.6 Å². The van der Waals surface area contributed by atoms with E-state index in [-0.39, 0.29) is 5.56 Å². The average molecular weight is 455 g/mol. The lowest BCUT2D eigenvalue weighted by Gasteiger charge is -2.23. The van der Waals surface area contributed by atoms with Gasteiger partial charge in [0.1, 0.15) is 12.1 Å². The Kier molecular flexibility index (Phi) is 5.75. The molecule has 1 aliphatic rings. The van der Waals surface area contributed by atoms with Crippen molar-refractivity contribution in [2.75, 3.05) is 6.54 Å². The van der Waals surface area contributed by atoms with E-state index < -0.39 is 47.6 Å². The van der Waals surface area contributed by atoms with Crippen molar-refractivity contribution in [1.29, 1.82) is 0 Å². The van der Waals surface area contributed by atoms with E-state index in [0.29, 0.717) is 0 Å². The molecule has 2 aromatic carbocycles. The largest absolute Gasteiger partial charge is 0.343 e. The molecule has 4 rings (SSSR count). The average Bonchev–Trinajstić information content (AvgIpc) is 3.38. The Hall–Kier alpha value is -3.59. The Bertz CT molecular complexity index is 1170. The summed E-state index contributed by atoms with van der Waals surface area (Å²) in [6, 6.07) is 14.8. The number of amides is 4. The van der Waals surface area contributed by atoms with Crippen molar-refractivity contribution in [3.8, 4) is 0 Å². The van der Waals surface area contributed by atoms with Crippen molar-refractivity contribution in [2.45, 2.75) is 18.5 Å². The van der Waals surface area contributed by atoms with Gasteiger partial charge in [-0.3, -0.25) is 14.5 Å². The van der Waals surface area contributed by atoms with E-state index in [1.807, 2.05) is 47.8 Å². The van der Waals surface area contributed by atoms with Crippen LogP contribution < -0.4 is 10.6 Å². The predicted octanol–water partition coefficient (Wildman–Crippen LogP) is 3.70. The minimum Gasteiger partial charge on any atom is -0.343 e. The van der Waals surface area contributed by atoms with Crippen LogP contribution in [0.25, 0.3) is 0 Å². The van der Waals surface area contributed by atoms with Gasteiger partial charge in [-0.1, -0.05) is 42.5 Å².